The van der Waals surface area contributed by atoms with E-state index in [1.54, 1.807) is 24.3 Å². The highest BCUT2D eigenvalue weighted by atomic mass is 32.2. The molecule has 0 aliphatic carbocycles. The number of hydrogen-bond acceptors (Lipinski definition) is 6. The molecule has 1 aromatic heterocycles. The molecule has 1 N–H and O–H groups in total. The topological polar surface area (TPSA) is 100 Å². The maximum Gasteiger partial charge on any atom is 0.305 e. The summed E-state index contributed by atoms with van der Waals surface area (Å²) in [5.41, 5.74) is -0.574. The predicted octanol–water partition coefficient (Wildman–Crippen LogP) is 2.72. The van der Waals surface area contributed by atoms with Gasteiger partial charge in [-0.2, -0.15) is 5.26 Å². The highest BCUT2D eigenvalue weighted by molar-refractivity contribution is 7.99. The Morgan fingerprint density at radius 3 is 2.68 bits per heavy atom. The van der Waals surface area contributed by atoms with Crippen LogP contribution in [-0.2, 0) is 0 Å². The standard InChI is InChI=1S/C12H7N3O3S/c13-7-8-9(15(17)18)5-6-12(14-8)19-11-4-2-1-3-10(11)16/h1-6,16H. The zero-order chi connectivity index (χ0) is 13.8. The van der Waals surface area contributed by atoms with Crippen LogP contribution < -0.4 is 0 Å². The molecule has 0 aliphatic rings. The first-order valence-electron chi connectivity index (χ1n) is 5.13. The van der Waals surface area contributed by atoms with Gasteiger partial charge in [0.15, 0.2) is 0 Å². The Bertz CT molecular complexity index is 682. The highest BCUT2D eigenvalue weighted by Crippen LogP contribution is 2.33. The molecule has 0 fully saturated rings. The van der Waals surface area contributed by atoms with E-state index >= 15 is 0 Å². The normalized spacial score (nSPS) is 9.84. The minimum absolute atomic E-state index is 0.0890. The number of aromatic nitrogens is 1. The number of benzene rings is 1. The molecule has 0 unspecified atom stereocenters. The molecule has 0 atom stereocenters. The Morgan fingerprint density at radius 2 is 2.05 bits per heavy atom. The zero-order valence-corrected chi connectivity index (χ0v) is 10.3. The van der Waals surface area contributed by atoms with Gasteiger partial charge >= 0.3 is 5.69 Å². The Balaban J connectivity index is 2.36. The van der Waals surface area contributed by atoms with Gasteiger partial charge in [-0.25, -0.2) is 4.98 Å². The number of phenolic OH excluding ortho intramolecular Hbond substituents is 1. The quantitative estimate of drug-likeness (QED) is 0.681. The van der Waals surface area contributed by atoms with Crippen molar-refractivity contribution in [2.45, 2.75) is 9.92 Å². The number of aromatic hydroxyl groups is 1. The molecule has 0 aliphatic heterocycles. The second-order valence-corrected chi connectivity index (χ2v) is 4.52. The van der Waals surface area contributed by atoms with Crippen LogP contribution in [0.5, 0.6) is 5.75 Å². The van der Waals surface area contributed by atoms with Crippen LogP contribution >= 0.6 is 11.8 Å². The number of rotatable bonds is 3. The van der Waals surface area contributed by atoms with Crippen molar-refractivity contribution in [2.24, 2.45) is 0 Å². The molecule has 0 bridgehead atoms. The third-order valence-corrected chi connectivity index (χ3v) is 3.23. The highest BCUT2D eigenvalue weighted by Gasteiger charge is 2.16. The van der Waals surface area contributed by atoms with Crippen molar-refractivity contribution in [3.63, 3.8) is 0 Å². The van der Waals surface area contributed by atoms with Crippen molar-refractivity contribution >= 4 is 17.4 Å². The number of hydrogen-bond donors (Lipinski definition) is 1. The number of nitrogens with zero attached hydrogens (tertiary/aromatic N) is 3. The van der Waals surface area contributed by atoms with Crippen LogP contribution in [0, 0.1) is 21.4 Å². The van der Waals surface area contributed by atoms with Crippen LogP contribution in [0.15, 0.2) is 46.3 Å². The third kappa shape index (κ3) is 2.81. The molecule has 1 heterocycles. The fourth-order valence-corrected chi connectivity index (χ4v) is 2.19. The van der Waals surface area contributed by atoms with Gasteiger partial charge in [0.25, 0.3) is 0 Å². The summed E-state index contributed by atoms with van der Waals surface area (Å²) < 4.78 is 0. The summed E-state index contributed by atoms with van der Waals surface area (Å²) in [6, 6.07) is 11.0. The lowest BCUT2D eigenvalue weighted by molar-refractivity contribution is -0.385. The average molecular weight is 273 g/mol. The molecule has 6 nitrogen and oxygen atoms in total. The number of nitro groups is 1. The van der Waals surface area contributed by atoms with Crippen molar-refractivity contribution in [1.29, 1.82) is 5.26 Å². The van der Waals surface area contributed by atoms with Crippen molar-refractivity contribution in [3.8, 4) is 11.8 Å². The van der Waals surface area contributed by atoms with Gasteiger partial charge in [0.1, 0.15) is 16.8 Å². The summed E-state index contributed by atoms with van der Waals surface area (Å²) in [5, 5.41) is 29.5. The first kappa shape index (κ1) is 12.9. The van der Waals surface area contributed by atoms with Crippen LogP contribution in [0.25, 0.3) is 0 Å². The smallest absolute Gasteiger partial charge is 0.305 e. The predicted molar refractivity (Wildman–Crippen MR) is 67.8 cm³/mol. The summed E-state index contributed by atoms with van der Waals surface area (Å²) in [6.45, 7) is 0. The van der Waals surface area contributed by atoms with E-state index in [0.29, 0.717) is 9.92 Å². The Hall–Kier alpha value is -2.59. The molecule has 0 saturated carbocycles. The van der Waals surface area contributed by atoms with Gasteiger partial charge in [-0.05, 0) is 18.2 Å². The fourth-order valence-electron chi connectivity index (χ4n) is 1.38. The van der Waals surface area contributed by atoms with E-state index in [1.807, 2.05) is 0 Å². The van der Waals surface area contributed by atoms with Gasteiger partial charge in [-0.1, -0.05) is 23.9 Å². The van der Waals surface area contributed by atoms with Gasteiger partial charge in [-0.15, -0.1) is 0 Å². The van der Waals surface area contributed by atoms with Crippen molar-refractivity contribution in [2.75, 3.05) is 0 Å². The van der Waals surface area contributed by atoms with Gasteiger partial charge < -0.3 is 5.11 Å². The molecule has 0 saturated heterocycles. The Labute approximate surface area is 112 Å². The summed E-state index contributed by atoms with van der Waals surface area (Å²) >= 11 is 1.13. The Morgan fingerprint density at radius 1 is 1.32 bits per heavy atom. The first-order chi connectivity index (χ1) is 9.11. The minimum Gasteiger partial charge on any atom is -0.507 e. The first-order valence-corrected chi connectivity index (χ1v) is 5.95. The van der Waals surface area contributed by atoms with E-state index in [-0.39, 0.29) is 17.1 Å². The molecule has 19 heavy (non-hydrogen) atoms. The molecule has 0 amide bonds. The van der Waals surface area contributed by atoms with E-state index in [9.17, 15) is 15.2 Å². The lowest BCUT2D eigenvalue weighted by Gasteiger charge is -2.03. The molecule has 0 radical (unpaired) electrons. The molecule has 7 heteroatoms. The van der Waals surface area contributed by atoms with Crippen molar-refractivity contribution in [3.05, 3.63) is 52.2 Å². The van der Waals surface area contributed by atoms with Crippen LogP contribution in [0.2, 0.25) is 0 Å². The second kappa shape index (κ2) is 5.37. The summed E-state index contributed by atoms with van der Waals surface area (Å²) in [5.74, 6) is 0.0890. The average Bonchev–Trinajstić information content (AvgIpc) is 2.41. The second-order valence-electron chi connectivity index (χ2n) is 3.46. The molecule has 94 valence electrons. The molecule has 2 aromatic rings. The van der Waals surface area contributed by atoms with E-state index in [4.69, 9.17) is 5.26 Å². The van der Waals surface area contributed by atoms with Gasteiger partial charge in [0.05, 0.1) is 9.82 Å². The van der Waals surface area contributed by atoms with Crippen LogP contribution in [0.3, 0.4) is 0 Å². The van der Waals surface area contributed by atoms with Crippen LogP contribution in [-0.4, -0.2) is 15.0 Å². The van der Waals surface area contributed by atoms with Gasteiger partial charge in [-0.3, -0.25) is 10.1 Å². The Kier molecular flexibility index (Phi) is 3.63. The third-order valence-electron chi connectivity index (χ3n) is 2.23. The number of para-hydroxylation sites is 1. The monoisotopic (exact) mass is 273 g/mol. The summed E-state index contributed by atoms with van der Waals surface area (Å²) in [6.07, 6.45) is 0. The number of nitriles is 1. The van der Waals surface area contributed by atoms with Crippen molar-refractivity contribution < 1.29 is 10.0 Å². The number of phenols is 1. The maximum absolute atomic E-state index is 10.7. The molecular formula is C12H7N3O3S. The van der Waals surface area contributed by atoms with Gasteiger partial charge in [0.2, 0.25) is 5.69 Å². The number of pyridine rings is 1. The van der Waals surface area contributed by atoms with E-state index < -0.39 is 4.92 Å². The molecule has 1 aromatic carbocycles. The van der Waals surface area contributed by atoms with E-state index in [2.05, 4.69) is 4.98 Å². The van der Waals surface area contributed by atoms with Crippen LogP contribution in [0.1, 0.15) is 5.69 Å². The SMILES string of the molecule is N#Cc1nc(Sc2ccccc2O)ccc1[N+](=O)[O-]. The van der Waals surface area contributed by atoms with Crippen molar-refractivity contribution in [1.82, 2.24) is 4.98 Å². The summed E-state index contributed by atoms with van der Waals surface area (Å²) in [4.78, 5) is 14.5. The largest absolute Gasteiger partial charge is 0.507 e. The minimum atomic E-state index is -0.653. The van der Waals surface area contributed by atoms with E-state index in [0.717, 1.165) is 11.8 Å². The van der Waals surface area contributed by atoms with Crippen LogP contribution in [0.4, 0.5) is 5.69 Å². The maximum atomic E-state index is 10.7. The molecule has 0 spiro atoms. The summed E-state index contributed by atoms with van der Waals surface area (Å²) in [7, 11) is 0. The zero-order valence-electron chi connectivity index (χ0n) is 9.48. The fraction of sp³-hybridized carbons (Fsp3) is 0. The molecular weight excluding hydrogens is 266 g/mol. The van der Waals surface area contributed by atoms with E-state index in [1.165, 1.54) is 18.2 Å². The lowest BCUT2D eigenvalue weighted by Crippen LogP contribution is -1.95. The van der Waals surface area contributed by atoms with Gasteiger partial charge in [0, 0.05) is 6.07 Å². The molecule has 2 rings (SSSR count). The lowest BCUT2D eigenvalue weighted by atomic mass is 10.3.